The summed E-state index contributed by atoms with van der Waals surface area (Å²) in [6.45, 7) is 5.28. The van der Waals surface area contributed by atoms with E-state index in [1.54, 1.807) is 0 Å². The Morgan fingerprint density at radius 3 is 2.67 bits per heavy atom. The molecule has 3 aromatic rings. The van der Waals surface area contributed by atoms with Crippen molar-refractivity contribution < 1.29 is 14.3 Å². The summed E-state index contributed by atoms with van der Waals surface area (Å²) in [7, 11) is 0. The summed E-state index contributed by atoms with van der Waals surface area (Å²) >= 11 is 1.36. The molecule has 1 saturated carbocycles. The topological polar surface area (TPSA) is 85.4 Å². The molecule has 2 N–H and O–H groups in total. The predicted octanol–water partition coefficient (Wildman–Crippen LogP) is 4.58. The van der Waals surface area contributed by atoms with E-state index in [9.17, 15) is 4.79 Å². The van der Waals surface area contributed by atoms with Gasteiger partial charge in [0.15, 0.2) is 16.7 Å². The predicted molar refractivity (Wildman–Crippen MR) is 130 cm³/mol. The van der Waals surface area contributed by atoms with Crippen LogP contribution in [0.3, 0.4) is 0 Å². The lowest BCUT2D eigenvalue weighted by atomic mass is 9.95. The van der Waals surface area contributed by atoms with Gasteiger partial charge in [0, 0.05) is 11.4 Å². The highest BCUT2D eigenvalue weighted by Crippen LogP contribution is 2.34. The third kappa shape index (κ3) is 5.16. The Kier molecular flexibility index (Phi) is 6.26. The highest BCUT2D eigenvalue weighted by Gasteiger charge is 2.24. The van der Waals surface area contributed by atoms with Crippen LogP contribution in [0, 0.1) is 5.92 Å². The average molecular weight is 465 g/mol. The van der Waals surface area contributed by atoms with Gasteiger partial charge in [0.05, 0.1) is 17.3 Å². The maximum absolute atomic E-state index is 12.9. The van der Waals surface area contributed by atoms with Crippen molar-refractivity contribution in [1.29, 1.82) is 0 Å². The van der Waals surface area contributed by atoms with Crippen molar-refractivity contribution in [3.05, 3.63) is 48.0 Å². The molecule has 1 aliphatic heterocycles. The second-order valence-electron chi connectivity index (χ2n) is 8.77. The minimum Gasteiger partial charge on any atom is -0.486 e. The van der Waals surface area contributed by atoms with E-state index < -0.39 is 0 Å². The molecule has 0 bridgehead atoms. The van der Waals surface area contributed by atoms with Crippen molar-refractivity contribution in [1.82, 2.24) is 15.3 Å². The van der Waals surface area contributed by atoms with Crippen LogP contribution < -0.4 is 20.1 Å². The van der Waals surface area contributed by atoms with Crippen LogP contribution in [0.5, 0.6) is 11.5 Å². The molecule has 33 heavy (non-hydrogen) atoms. The van der Waals surface area contributed by atoms with Crippen molar-refractivity contribution >= 4 is 34.4 Å². The normalized spacial score (nSPS) is 16.0. The van der Waals surface area contributed by atoms with E-state index in [2.05, 4.69) is 29.5 Å². The number of hydrogen-bond acceptors (Lipinski definition) is 7. The van der Waals surface area contributed by atoms with E-state index in [0.717, 1.165) is 33.8 Å². The molecule has 1 fully saturated rings. The number of aromatic nitrogens is 2. The monoisotopic (exact) mass is 464 g/mol. The Labute approximate surface area is 197 Å². The number of para-hydroxylation sites is 1. The zero-order chi connectivity index (χ0) is 22.8. The third-order valence-electron chi connectivity index (χ3n) is 5.74. The fourth-order valence-corrected chi connectivity index (χ4v) is 4.55. The Morgan fingerprint density at radius 1 is 1.09 bits per heavy atom. The summed E-state index contributed by atoms with van der Waals surface area (Å²) in [5.41, 5.74) is 1.89. The number of nitrogens with zero attached hydrogens (tertiary/aromatic N) is 2. The first-order chi connectivity index (χ1) is 16.1. The largest absolute Gasteiger partial charge is 0.486 e. The number of carbonyl (C=O) groups excluding carboxylic acids is 1. The minimum absolute atomic E-state index is 0.0537. The molecular weight excluding hydrogens is 436 g/mol. The van der Waals surface area contributed by atoms with E-state index in [-0.39, 0.29) is 23.6 Å². The summed E-state index contributed by atoms with van der Waals surface area (Å²) in [4.78, 5) is 22.2. The molecule has 1 amide bonds. The van der Waals surface area contributed by atoms with E-state index in [1.165, 1.54) is 24.6 Å². The molecule has 2 heterocycles. The van der Waals surface area contributed by atoms with Gasteiger partial charge in [-0.1, -0.05) is 43.8 Å². The number of fused-ring (bicyclic) bond motifs is 2. The van der Waals surface area contributed by atoms with Crippen molar-refractivity contribution in [3.63, 3.8) is 0 Å². The zero-order valence-corrected chi connectivity index (χ0v) is 19.7. The minimum atomic E-state index is -0.126. The van der Waals surface area contributed by atoms with Crippen molar-refractivity contribution in [2.45, 2.75) is 43.9 Å². The highest BCUT2D eigenvalue weighted by molar-refractivity contribution is 7.99. The van der Waals surface area contributed by atoms with Gasteiger partial charge in [0.2, 0.25) is 5.91 Å². The van der Waals surface area contributed by atoms with Gasteiger partial charge in [-0.05, 0) is 48.6 Å². The van der Waals surface area contributed by atoms with E-state index >= 15 is 0 Å². The number of carbonyl (C=O) groups is 1. The van der Waals surface area contributed by atoms with Gasteiger partial charge in [0.25, 0.3) is 0 Å². The fourth-order valence-electron chi connectivity index (χ4n) is 3.88. The molecule has 0 spiro atoms. The lowest BCUT2D eigenvalue weighted by Gasteiger charge is -2.25. The molecule has 1 aromatic heterocycles. The standard InChI is InChI=1S/C25H28N4O3S/c1-15(2)23(16-7-10-20-21(13-16)32-12-11-31-20)28-22(30)14-33-25-27-19-6-4-3-5-18(19)24(29-25)26-17-8-9-17/h3-7,10,13,15,17,23H,8-9,11-12,14H2,1-2H3,(H,28,30)(H,26,27,29). The van der Waals surface area contributed by atoms with Crippen LogP contribution in [0.4, 0.5) is 5.82 Å². The summed E-state index contributed by atoms with van der Waals surface area (Å²) in [5, 5.41) is 8.28. The van der Waals surface area contributed by atoms with Gasteiger partial charge in [-0.25, -0.2) is 9.97 Å². The number of amides is 1. The molecule has 8 heteroatoms. The quantitative estimate of drug-likeness (QED) is 0.373. The maximum atomic E-state index is 12.9. The van der Waals surface area contributed by atoms with Gasteiger partial charge in [-0.15, -0.1) is 0 Å². The molecule has 2 aliphatic rings. The SMILES string of the molecule is CC(C)C(NC(=O)CSc1nc(NC2CC2)c2ccccc2n1)c1ccc2c(c1)OCCO2. The van der Waals surface area contributed by atoms with Crippen molar-refractivity contribution in [3.8, 4) is 11.5 Å². The molecule has 172 valence electrons. The van der Waals surface area contributed by atoms with E-state index in [4.69, 9.17) is 14.5 Å². The van der Waals surface area contributed by atoms with Gasteiger partial charge in [-0.3, -0.25) is 4.79 Å². The summed E-state index contributed by atoms with van der Waals surface area (Å²) < 4.78 is 11.3. The number of ether oxygens (including phenoxy) is 2. The van der Waals surface area contributed by atoms with Crippen LogP contribution in [0.1, 0.15) is 38.3 Å². The summed E-state index contributed by atoms with van der Waals surface area (Å²) in [5.74, 6) is 2.73. The molecule has 2 aromatic carbocycles. The van der Waals surface area contributed by atoms with Gasteiger partial charge < -0.3 is 20.1 Å². The number of thioether (sulfide) groups is 1. The number of rotatable bonds is 8. The highest BCUT2D eigenvalue weighted by atomic mass is 32.2. The van der Waals surface area contributed by atoms with Crippen LogP contribution in [-0.2, 0) is 4.79 Å². The number of anilines is 1. The Bertz CT molecular complexity index is 1170. The van der Waals surface area contributed by atoms with Crippen LogP contribution in [0.2, 0.25) is 0 Å². The van der Waals surface area contributed by atoms with Crippen LogP contribution in [0.25, 0.3) is 10.9 Å². The van der Waals surface area contributed by atoms with Crippen LogP contribution >= 0.6 is 11.8 Å². The first kappa shape index (κ1) is 21.8. The third-order valence-corrected chi connectivity index (χ3v) is 6.59. The maximum Gasteiger partial charge on any atom is 0.230 e. The van der Waals surface area contributed by atoms with Crippen molar-refractivity contribution in [2.75, 3.05) is 24.3 Å². The van der Waals surface area contributed by atoms with Crippen LogP contribution in [-0.4, -0.2) is 40.9 Å². The number of hydrogen-bond donors (Lipinski definition) is 2. The van der Waals surface area contributed by atoms with Crippen molar-refractivity contribution in [2.24, 2.45) is 5.92 Å². The molecule has 1 unspecified atom stereocenters. The molecule has 0 saturated heterocycles. The summed E-state index contributed by atoms with van der Waals surface area (Å²) in [6.07, 6.45) is 2.33. The number of benzene rings is 2. The molecule has 1 atom stereocenters. The second-order valence-corrected chi connectivity index (χ2v) is 9.71. The average Bonchev–Trinajstić information content (AvgIpc) is 3.65. The van der Waals surface area contributed by atoms with Gasteiger partial charge in [-0.2, -0.15) is 0 Å². The molecule has 0 radical (unpaired) electrons. The van der Waals surface area contributed by atoms with Gasteiger partial charge in [0.1, 0.15) is 19.0 Å². The van der Waals surface area contributed by atoms with Crippen LogP contribution in [0.15, 0.2) is 47.6 Å². The molecular formula is C25H28N4O3S. The first-order valence-electron chi connectivity index (χ1n) is 11.4. The first-order valence-corrected chi connectivity index (χ1v) is 12.4. The second kappa shape index (κ2) is 9.47. The van der Waals surface area contributed by atoms with Gasteiger partial charge >= 0.3 is 0 Å². The van der Waals surface area contributed by atoms with E-state index in [1.807, 2.05) is 42.5 Å². The Balaban J connectivity index is 1.28. The Morgan fingerprint density at radius 2 is 1.88 bits per heavy atom. The Hall–Kier alpha value is -3.00. The molecule has 1 aliphatic carbocycles. The molecule has 5 rings (SSSR count). The molecule has 7 nitrogen and oxygen atoms in total. The summed E-state index contributed by atoms with van der Waals surface area (Å²) in [6, 6.07) is 14.2. The zero-order valence-electron chi connectivity index (χ0n) is 18.8. The van der Waals surface area contributed by atoms with E-state index in [0.29, 0.717) is 24.4 Å². The lowest BCUT2D eigenvalue weighted by Crippen LogP contribution is -2.33. The number of nitrogens with one attached hydrogen (secondary N) is 2. The fraction of sp³-hybridized carbons (Fsp3) is 0.400. The smallest absolute Gasteiger partial charge is 0.230 e. The lowest BCUT2D eigenvalue weighted by molar-refractivity contribution is -0.119.